The summed E-state index contributed by atoms with van der Waals surface area (Å²) in [5.41, 5.74) is 8.04. The molecule has 5 N–H and O–H groups in total. The second-order valence-corrected chi connectivity index (χ2v) is 5.56. The molecule has 3 aromatic rings. The molecule has 7 nitrogen and oxygen atoms in total. The third kappa shape index (κ3) is 3.96. The standard InChI is InChI=1S/C17H14ClN5O2/c18-11-2-1-3-13(8-11)23-16-14(19)15(20-9-21-16)22-12-6-4-10(5-7-12)17(24)25/h1-9H,19H2,(H,24,25)(H2,20,21,22,23). The molecule has 8 heteroatoms. The molecule has 0 saturated carbocycles. The Labute approximate surface area is 148 Å². The third-order valence-corrected chi connectivity index (χ3v) is 3.60. The van der Waals surface area contributed by atoms with Gasteiger partial charge in [-0.15, -0.1) is 0 Å². The SMILES string of the molecule is Nc1c(Nc2ccc(C(=O)O)cc2)ncnc1Nc1cccc(Cl)c1. The average Bonchev–Trinajstić information content (AvgIpc) is 2.59. The van der Waals surface area contributed by atoms with E-state index in [0.29, 0.717) is 28.0 Å². The summed E-state index contributed by atoms with van der Waals surface area (Å²) in [6.07, 6.45) is 1.37. The number of hydrogen-bond acceptors (Lipinski definition) is 6. The predicted molar refractivity (Wildman–Crippen MR) is 97.9 cm³/mol. The van der Waals surface area contributed by atoms with Crippen LogP contribution in [0.4, 0.5) is 28.7 Å². The van der Waals surface area contributed by atoms with Crippen LogP contribution in [0.15, 0.2) is 54.9 Å². The van der Waals surface area contributed by atoms with Crippen LogP contribution < -0.4 is 16.4 Å². The van der Waals surface area contributed by atoms with Crippen LogP contribution in [-0.2, 0) is 0 Å². The summed E-state index contributed by atoms with van der Waals surface area (Å²) in [7, 11) is 0. The molecular formula is C17H14ClN5O2. The van der Waals surface area contributed by atoms with Gasteiger partial charge < -0.3 is 21.5 Å². The van der Waals surface area contributed by atoms with Crippen molar-refractivity contribution in [3.8, 4) is 0 Å². The van der Waals surface area contributed by atoms with Crippen LogP contribution in [0.3, 0.4) is 0 Å². The van der Waals surface area contributed by atoms with Gasteiger partial charge in [-0.05, 0) is 42.5 Å². The van der Waals surface area contributed by atoms with Gasteiger partial charge in [-0.1, -0.05) is 17.7 Å². The zero-order chi connectivity index (χ0) is 17.8. The molecule has 126 valence electrons. The Bertz CT molecular complexity index is 915. The lowest BCUT2D eigenvalue weighted by molar-refractivity contribution is 0.0697. The molecule has 2 aromatic carbocycles. The minimum Gasteiger partial charge on any atom is -0.478 e. The van der Waals surface area contributed by atoms with Gasteiger partial charge in [0.25, 0.3) is 0 Å². The molecule has 0 aliphatic heterocycles. The number of nitrogens with zero attached hydrogens (tertiary/aromatic N) is 2. The number of carbonyl (C=O) groups is 1. The minimum atomic E-state index is -0.985. The molecule has 1 heterocycles. The Morgan fingerprint density at radius 2 is 1.64 bits per heavy atom. The number of halogens is 1. The van der Waals surface area contributed by atoms with E-state index in [9.17, 15) is 4.79 Å². The van der Waals surface area contributed by atoms with Gasteiger partial charge in [0.05, 0.1) is 5.56 Å². The Balaban J connectivity index is 1.82. The van der Waals surface area contributed by atoms with E-state index in [4.69, 9.17) is 22.4 Å². The first-order chi connectivity index (χ1) is 12.0. The summed E-state index contributed by atoms with van der Waals surface area (Å²) in [6, 6.07) is 13.4. The summed E-state index contributed by atoms with van der Waals surface area (Å²) in [6.45, 7) is 0. The van der Waals surface area contributed by atoms with Gasteiger partial charge in [-0.3, -0.25) is 0 Å². The van der Waals surface area contributed by atoms with Crippen molar-refractivity contribution < 1.29 is 9.90 Å². The lowest BCUT2D eigenvalue weighted by Gasteiger charge is -2.13. The molecule has 0 radical (unpaired) electrons. The molecular weight excluding hydrogens is 342 g/mol. The second-order valence-electron chi connectivity index (χ2n) is 5.13. The van der Waals surface area contributed by atoms with Crippen molar-refractivity contribution in [1.82, 2.24) is 9.97 Å². The van der Waals surface area contributed by atoms with Crippen molar-refractivity contribution >= 4 is 46.3 Å². The van der Waals surface area contributed by atoms with Crippen LogP contribution in [0, 0.1) is 0 Å². The lowest BCUT2D eigenvalue weighted by atomic mass is 10.2. The van der Waals surface area contributed by atoms with E-state index >= 15 is 0 Å². The van der Waals surface area contributed by atoms with E-state index in [2.05, 4.69) is 20.6 Å². The summed E-state index contributed by atoms with van der Waals surface area (Å²) in [5.74, 6) is -0.148. The highest BCUT2D eigenvalue weighted by molar-refractivity contribution is 6.30. The van der Waals surface area contributed by atoms with Crippen molar-refractivity contribution in [3.05, 3.63) is 65.4 Å². The molecule has 0 saturated heterocycles. The van der Waals surface area contributed by atoms with Gasteiger partial charge in [0, 0.05) is 16.4 Å². The van der Waals surface area contributed by atoms with Crippen LogP contribution >= 0.6 is 11.6 Å². The smallest absolute Gasteiger partial charge is 0.335 e. The highest BCUT2D eigenvalue weighted by Gasteiger charge is 2.09. The molecule has 0 bridgehead atoms. The quantitative estimate of drug-likeness (QED) is 0.549. The molecule has 0 spiro atoms. The zero-order valence-electron chi connectivity index (χ0n) is 12.9. The van der Waals surface area contributed by atoms with Crippen molar-refractivity contribution in [2.75, 3.05) is 16.4 Å². The number of aromatic nitrogens is 2. The van der Waals surface area contributed by atoms with Crippen LogP contribution in [0.2, 0.25) is 5.02 Å². The Morgan fingerprint density at radius 1 is 1.00 bits per heavy atom. The van der Waals surface area contributed by atoms with Gasteiger partial charge >= 0.3 is 5.97 Å². The normalized spacial score (nSPS) is 10.3. The Morgan fingerprint density at radius 3 is 2.24 bits per heavy atom. The number of carboxylic acids is 1. The number of nitrogen functional groups attached to an aromatic ring is 1. The van der Waals surface area contributed by atoms with E-state index < -0.39 is 5.97 Å². The molecule has 0 atom stereocenters. The van der Waals surface area contributed by atoms with E-state index in [1.165, 1.54) is 18.5 Å². The van der Waals surface area contributed by atoms with Crippen LogP contribution in [0.5, 0.6) is 0 Å². The topological polar surface area (TPSA) is 113 Å². The predicted octanol–water partition coefficient (Wildman–Crippen LogP) is 3.90. The number of rotatable bonds is 5. The van der Waals surface area contributed by atoms with Gasteiger partial charge in [-0.25, -0.2) is 14.8 Å². The summed E-state index contributed by atoms with van der Waals surface area (Å²) in [5, 5.41) is 15.6. The number of hydrogen-bond donors (Lipinski definition) is 4. The number of nitrogens with two attached hydrogens (primary N) is 1. The third-order valence-electron chi connectivity index (χ3n) is 3.37. The molecule has 0 aliphatic rings. The summed E-state index contributed by atoms with van der Waals surface area (Å²) < 4.78 is 0. The van der Waals surface area contributed by atoms with Crippen LogP contribution in [-0.4, -0.2) is 21.0 Å². The molecule has 3 rings (SSSR count). The van der Waals surface area contributed by atoms with Crippen molar-refractivity contribution in [2.45, 2.75) is 0 Å². The Kier molecular flexibility index (Phi) is 4.67. The number of aromatic carboxylic acids is 1. The molecule has 0 unspecified atom stereocenters. The maximum absolute atomic E-state index is 10.9. The molecule has 0 amide bonds. The van der Waals surface area contributed by atoms with Crippen molar-refractivity contribution in [1.29, 1.82) is 0 Å². The second kappa shape index (κ2) is 7.06. The number of benzene rings is 2. The molecule has 0 aliphatic carbocycles. The number of anilines is 5. The fraction of sp³-hybridized carbons (Fsp3) is 0. The fourth-order valence-corrected chi connectivity index (χ4v) is 2.32. The minimum absolute atomic E-state index is 0.199. The monoisotopic (exact) mass is 355 g/mol. The highest BCUT2D eigenvalue weighted by atomic mass is 35.5. The van der Waals surface area contributed by atoms with Crippen LogP contribution in [0.25, 0.3) is 0 Å². The van der Waals surface area contributed by atoms with Gasteiger partial charge in [0.2, 0.25) is 0 Å². The highest BCUT2D eigenvalue weighted by Crippen LogP contribution is 2.28. The Hall–Kier alpha value is -3.32. The molecule has 0 fully saturated rings. The first-order valence-electron chi connectivity index (χ1n) is 7.26. The van der Waals surface area contributed by atoms with Gasteiger partial charge in [0.1, 0.15) is 12.0 Å². The molecule has 25 heavy (non-hydrogen) atoms. The van der Waals surface area contributed by atoms with Crippen LogP contribution in [0.1, 0.15) is 10.4 Å². The summed E-state index contributed by atoms with van der Waals surface area (Å²) >= 11 is 5.97. The van der Waals surface area contributed by atoms with Crippen molar-refractivity contribution in [2.24, 2.45) is 0 Å². The summed E-state index contributed by atoms with van der Waals surface area (Å²) in [4.78, 5) is 19.1. The zero-order valence-corrected chi connectivity index (χ0v) is 13.7. The molecule has 1 aromatic heterocycles. The maximum Gasteiger partial charge on any atom is 0.335 e. The maximum atomic E-state index is 10.9. The van der Waals surface area contributed by atoms with Gasteiger partial charge in [0.15, 0.2) is 11.6 Å². The van der Waals surface area contributed by atoms with E-state index in [1.54, 1.807) is 24.3 Å². The number of nitrogens with one attached hydrogen (secondary N) is 2. The average molecular weight is 356 g/mol. The van der Waals surface area contributed by atoms with Gasteiger partial charge in [-0.2, -0.15) is 0 Å². The van der Waals surface area contributed by atoms with E-state index in [-0.39, 0.29) is 5.56 Å². The first-order valence-corrected chi connectivity index (χ1v) is 7.64. The van der Waals surface area contributed by atoms with Crippen molar-refractivity contribution in [3.63, 3.8) is 0 Å². The largest absolute Gasteiger partial charge is 0.478 e. The first kappa shape index (κ1) is 16.5. The van der Waals surface area contributed by atoms with E-state index in [1.807, 2.05) is 12.1 Å². The lowest BCUT2D eigenvalue weighted by Crippen LogP contribution is -2.05. The number of carboxylic acid groups (broad SMARTS) is 1. The van der Waals surface area contributed by atoms with E-state index in [0.717, 1.165) is 5.69 Å². The fourth-order valence-electron chi connectivity index (χ4n) is 2.13.